The molecule has 0 fully saturated rings. The van der Waals surface area contributed by atoms with Crippen LogP contribution in [0.3, 0.4) is 0 Å². The molecule has 0 unspecified atom stereocenters. The van der Waals surface area contributed by atoms with Gasteiger partial charge in [0.25, 0.3) is 11.7 Å². The summed E-state index contributed by atoms with van der Waals surface area (Å²) in [6.07, 6.45) is 1.62. The number of amides is 1. The molecule has 8 nitrogen and oxygen atoms in total. The first kappa shape index (κ1) is 29.9. The van der Waals surface area contributed by atoms with Crippen molar-refractivity contribution < 1.29 is 19.2 Å². The highest BCUT2D eigenvalue weighted by Gasteiger charge is 2.27. The van der Waals surface area contributed by atoms with Crippen LogP contribution in [-0.2, 0) is 15.6 Å². The lowest BCUT2D eigenvalue weighted by Crippen LogP contribution is -2.34. The number of rotatable bonds is 8. The maximum atomic E-state index is 12.8. The molecule has 1 aromatic heterocycles. The molecule has 41 heavy (non-hydrogen) atoms. The summed E-state index contributed by atoms with van der Waals surface area (Å²) in [6.45, 7) is 12.4. The number of benzene rings is 3. The zero-order chi connectivity index (χ0) is 29.8. The van der Waals surface area contributed by atoms with Gasteiger partial charge in [0.05, 0.1) is 29.7 Å². The van der Waals surface area contributed by atoms with Gasteiger partial charge in [-0.3, -0.25) is 4.79 Å². The number of carbonyl (C=O) groups is 1. The number of carbonyl (C=O) groups excluding carboxylic acids is 1. The number of hydrogen-bond donors (Lipinski definition) is 3. The van der Waals surface area contributed by atoms with Gasteiger partial charge in [0.2, 0.25) is 0 Å². The minimum absolute atomic E-state index is 0.118. The van der Waals surface area contributed by atoms with Crippen LogP contribution in [0, 0.1) is 0 Å². The highest BCUT2D eigenvalue weighted by Crippen LogP contribution is 2.39. The third-order valence-electron chi connectivity index (χ3n) is 6.53. The Balaban J connectivity index is 1.51. The molecule has 9 heteroatoms. The van der Waals surface area contributed by atoms with Gasteiger partial charge in [0.1, 0.15) is 17.2 Å². The number of nitrogens with zero attached hydrogens (tertiary/aromatic N) is 3. The molecule has 0 bridgehead atoms. The van der Waals surface area contributed by atoms with Crippen molar-refractivity contribution in [2.24, 2.45) is 5.10 Å². The molecule has 0 radical (unpaired) electrons. The summed E-state index contributed by atoms with van der Waals surface area (Å²) in [7, 11) is 1.64. The number of aromatic hydroxyl groups is 1. The average Bonchev–Trinajstić information content (AvgIpc) is 3.36. The topological polar surface area (TPSA) is 103 Å². The van der Waals surface area contributed by atoms with Gasteiger partial charge in [-0.2, -0.15) is 9.67 Å². The third kappa shape index (κ3) is 7.16. The lowest BCUT2D eigenvalue weighted by atomic mass is 9.78. The predicted molar refractivity (Wildman–Crippen MR) is 164 cm³/mol. The number of H-pyrrole nitrogens is 1. The monoisotopic (exact) mass is 572 g/mol. The van der Waals surface area contributed by atoms with Crippen molar-refractivity contribution in [2.75, 3.05) is 12.9 Å². The largest absolute Gasteiger partial charge is 0.507 e. The molecule has 0 saturated heterocycles. The molecule has 1 heterocycles. The fraction of sp³-hybridized carbons (Fsp3) is 0.312. The van der Waals surface area contributed by atoms with E-state index in [2.05, 4.69) is 62.3 Å². The molecule has 0 saturated carbocycles. The molecule has 4 aromatic rings. The zero-order valence-electron chi connectivity index (χ0n) is 24.6. The maximum absolute atomic E-state index is 12.8. The van der Waals surface area contributed by atoms with Crippen LogP contribution in [0.1, 0.15) is 58.2 Å². The fourth-order valence-corrected chi connectivity index (χ4v) is 5.13. The van der Waals surface area contributed by atoms with E-state index in [0.29, 0.717) is 10.9 Å². The number of para-hydroxylation sites is 1. The van der Waals surface area contributed by atoms with Crippen molar-refractivity contribution in [1.29, 1.82) is 0 Å². The first-order valence-corrected chi connectivity index (χ1v) is 14.4. The number of ether oxygens (including phenoxy) is 1. The third-order valence-corrected chi connectivity index (χ3v) is 7.47. The van der Waals surface area contributed by atoms with Gasteiger partial charge in [-0.1, -0.05) is 59.7 Å². The number of aromatic amines is 1. The molecular formula is C32H38N5O3S+. The number of phenolic OH excluding ortho intramolecular Hbond substituents is 1. The van der Waals surface area contributed by atoms with Gasteiger partial charge in [-0.05, 0) is 76.7 Å². The normalized spacial score (nSPS) is 12.1. The van der Waals surface area contributed by atoms with E-state index < -0.39 is 0 Å². The maximum Gasteiger partial charge on any atom is 0.342 e. The van der Waals surface area contributed by atoms with E-state index in [1.54, 1.807) is 13.3 Å². The summed E-state index contributed by atoms with van der Waals surface area (Å²) in [5, 5.41) is 23.4. The van der Waals surface area contributed by atoms with E-state index in [-0.39, 0.29) is 22.5 Å². The second-order valence-corrected chi connectivity index (χ2v) is 12.7. The second kappa shape index (κ2) is 12.2. The van der Waals surface area contributed by atoms with Gasteiger partial charge in [-0.15, -0.1) is 5.10 Å². The Labute approximate surface area is 245 Å². The van der Waals surface area contributed by atoms with Crippen LogP contribution >= 0.6 is 11.8 Å². The summed E-state index contributed by atoms with van der Waals surface area (Å²) < 4.78 is 7.28. The molecular weight excluding hydrogens is 534 g/mol. The SMILES string of the molecule is COc1ccc(-c2[nH]nc(SCC(=O)NN=Cc3cc(C(C)(C)C)c(O)c(C(C)(C)C)c3)[n+]2-c2ccccc2)cc1. The Morgan fingerprint density at radius 3 is 2.20 bits per heavy atom. The average molecular weight is 573 g/mol. The summed E-state index contributed by atoms with van der Waals surface area (Å²) in [4.78, 5) is 12.8. The van der Waals surface area contributed by atoms with Crippen LogP contribution in [0.4, 0.5) is 0 Å². The van der Waals surface area contributed by atoms with E-state index in [1.807, 2.05) is 71.3 Å². The Kier molecular flexibility index (Phi) is 8.87. The minimum Gasteiger partial charge on any atom is -0.507 e. The summed E-state index contributed by atoms with van der Waals surface area (Å²) >= 11 is 1.31. The molecule has 1 amide bonds. The van der Waals surface area contributed by atoms with Crippen LogP contribution in [0.5, 0.6) is 11.5 Å². The lowest BCUT2D eigenvalue weighted by Gasteiger charge is -2.27. The number of thioether (sulfide) groups is 1. The predicted octanol–water partition coefficient (Wildman–Crippen LogP) is 5.91. The summed E-state index contributed by atoms with van der Waals surface area (Å²) in [5.74, 6) is 1.72. The lowest BCUT2D eigenvalue weighted by molar-refractivity contribution is -0.625. The number of aromatic nitrogens is 3. The molecule has 214 valence electrons. The number of hydrazone groups is 1. The van der Waals surface area contributed by atoms with Gasteiger partial charge in [0, 0.05) is 11.1 Å². The Bertz CT molecular complexity index is 1500. The number of methoxy groups -OCH3 is 1. The molecule has 0 aliphatic rings. The number of phenols is 1. The Hall–Kier alpha value is -4.11. The molecule has 3 N–H and O–H groups in total. The van der Waals surface area contributed by atoms with Crippen LogP contribution in [0.2, 0.25) is 0 Å². The van der Waals surface area contributed by atoms with E-state index in [0.717, 1.165) is 39.5 Å². The molecule has 0 atom stereocenters. The van der Waals surface area contributed by atoms with Crippen molar-refractivity contribution in [3.63, 3.8) is 0 Å². The molecule has 3 aromatic carbocycles. The number of hydrogen-bond acceptors (Lipinski definition) is 6. The van der Waals surface area contributed by atoms with Crippen molar-refractivity contribution >= 4 is 23.9 Å². The van der Waals surface area contributed by atoms with E-state index in [4.69, 9.17) is 4.74 Å². The van der Waals surface area contributed by atoms with E-state index in [1.165, 1.54) is 11.8 Å². The smallest absolute Gasteiger partial charge is 0.342 e. The van der Waals surface area contributed by atoms with E-state index >= 15 is 0 Å². The van der Waals surface area contributed by atoms with Gasteiger partial charge in [-0.25, -0.2) is 5.43 Å². The second-order valence-electron chi connectivity index (χ2n) is 11.8. The standard InChI is InChI=1S/C32H37N5O3S/c1-31(2,3)25-17-21(18-26(28(25)39)32(4,5)6)19-33-34-27(38)20-41-30-36-35-29(22-13-15-24(40-7)16-14-22)37(30)23-11-9-8-10-12-23/h8-19H,20H2,1-7H3,(H2,33,34,38,39)/p+1. The Morgan fingerprint density at radius 1 is 1.02 bits per heavy atom. The van der Waals surface area contributed by atoms with Crippen LogP contribution in [0.25, 0.3) is 17.1 Å². The molecule has 0 aliphatic carbocycles. The van der Waals surface area contributed by atoms with Crippen molar-refractivity contribution in [3.05, 3.63) is 83.4 Å². The van der Waals surface area contributed by atoms with Crippen molar-refractivity contribution in [3.8, 4) is 28.6 Å². The molecule has 0 aliphatic heterocycles. The first-order valence-electron chi connectivity index (χ1n) is 13.4. The van der Waals surface area contributed by atoms with Crippen LogP contribution in [0.15, 0.2) is 77.0 Å². The van der Waals surface area contributed by atoms with Crippen LogP contribution in [-0.4, -0.2) is 40.3 Å². The summed E-state index contributed by atoms with van der Waals surface area (Å²) in [6, 6.07) is 21.4. The summed E-state index contributed by atoms with van der Waals surface area (Å²) in [5.41, 5.74) is 6.46. The van der Waals surface area contributed by atoms with Gasteiger partial charge < -0.3 is 9.84 Å². The first-order chi connectivity index (χ1) is 19.4. The van der Waals surface area contributed by atoms with E-state index in [9.17, 15) is 9.90 Å². The van der Waals surface area contributed by atoms with Gasteiger partial charge >= 0.3 is 5.16 Å². The van der Waals surface area contributed by atoms with Crippen molar-refractivity contribution in [1.82, 2.24) is 15.6 Å². The molecule has 4 rings (SSSR count). The van der Waals surface area contributed by atoms with Crippen molar-refractivity contribution in [2.45, 2.75) is 57.5 Å². The zero-order valence-corrected chi connectivity index (χ0v) is 25.5. The quantitative estimate of drug-likeness (QED) is 0.106. The molecule has 0 spiro atoms. The van der Waals surface area contributed by atoms with Crippen LogP contribution < -0.4 is 14.7 Å². The number of nitrogens with one attached hydrogen (secondary N) is 2. The minimum atomic E-state index is -0.259. The fourth-order valence-electron chi connectivity index (χ4n) is 4.37. The van der Waals surface area contributed by atoms with Gasteiger partial charge in [0.15, 0.2) is 0 Å². The highest BCUT2D eigenvalue weighted by atomic mass is 32.2. The highest BCUT2D eigenvalue weighted by molar-refractivity contribution is 7.99. The Morgan fingerprint density at radius 2 is 1.63 bits per heavy atom.